The van der Waals surface area contributed by atoms with Crippen LogP contribution in [0.5, 0.6) is 0 Å². The summed E-state index contributed by atoms with van der Waals surface area (Å²) in [5.41, 5.74) is 0. The van der Waals surface area contributed by atoms with Gasteiger partial charge in [0.15, 0.2) is 0 Å². The van der Waals surface area contributed by atoms with Crippen LogP contribution in [0.15, 0.2) is 31.4 Å². The molecule has 1 heterocycles. The van der Waals surface area contributed by atoms with Crippen molar-refractivity contribution in [3.05, 3.63) is 31.4 Å². The third-order valence-electron chi connectivity index (χ3n) is 2.83. The van der Waals surface area contributed by atoms with Gasteiger partial charge in [0, 0.05) is 18.9 Å². The van der Waals surface area contributed by atoms with Crippen LogP contribution in [0.2, 0.25) is 0 Å². The molecule has 1 atom stereocenters. The minimum atomic E-state index is -4.05. The van der Waals surface area contributed by atoms with Crippen molar-refractivity contribution in [2.24, 2.45) is 0 Å². The van der Waals surface area contributed by atoms with E-state index in [0.717, 1.165) is 12.8 Å². The van der Waals surface area contributed by atoms with Gasteiger partial charge in [0.25, 0.3) is 10.1 Å². The molecule has 0 saturated carbocycles. The van der Waals surface area contributed by atoms with Gasteiger partial charge in [-0.1, -0.05) is 18.9 Å². The summed E-state index contributed by atoms with van der Waals surface area (Å²) in [5.74, 6) is 0. The fraction of sp³-hybridized carbons (Fsp3) is 0.500. The zero-order chi connectivity index (χ0) is 15.0. The maximum atomic E-state index is 11.5. The quantitative estimate of drug-likeness (QED) is 0.430. The molecule has 8 heteroatoms. The van der Waals surface area contributed by atoms with Gasteiger partial charge in [0.2, 0.25) is 0 Å². The molecule has 0 spiro atoms. The maximum absolute atomic E-state index is 11.5. The summed E-state index contributed by atoms with van der Waals surface area (Å²) < 4.78 is 32.1. The monoisotopic (exact) mass is 301 g/mol. The lowest BCUT2D eigenvalue weighted by Gasteiger charge is -2.09. The van der Waals surface area contributed by atoms with Crippen molar-refractivity contribution in [3.63, 3.8) is 0 Å². The molecule has 0 aliphatic rings. The Hall–Kier alpha value is -1.67. The van der Waals surface area contributed by atoms with E-state index in [1.807, 2.05) is 0 Å². The Morgan fingerprint density at radius 3 is 2.75 bits per heavy atom. The standard InChI is InChI=1S/C12H19N3O4S/c1-2-11(20(17,18)19)6-4-3-5-7-14-12(16)15-9-8-13-10-15/h2,8-11H,1,3-7H2,(H,14,16)(H,17,18,19). The number of rotatable bonds is 8. The van der Waals surface area contributed by atoms with Crippen molar-refractivity contribution >= 4 is 16.1 Å². The number of nitrogens with zero attached hydrogens (tertiary/aromatic N) is 2. The van der Waals surface area contributed by atoms with E-state index >= 15 is 0 Å². The summed E-state index contributed by atoms with van der Waals surface area (Å²) in [5, 5.41) is 1.80. The number of amides is 1. The van der Waals surface area contributed by atoms with Crippen LogP contribution in [-0.2, 0) is 10.1 Å². The normalized spacial score (nSPS) is 12.8. The molecule has 0 bridgehead atoms. The summed E-state index contributed by atoms with van der Waals surface area (Å²) in [6.45, 7) is 3.89. The lowest BCUT2D eigenvalue weighted by Crippen LogP contribution is -2.28. The Kier molecular flexibility index (Phi) is 6.40. The average Bonchev–Trinajstić information content (AvgIpc) is 2.90. The van der Waals surface area contributed by atoms with Crippen molar-refractivity contribution in [2.75, 3.05) is 6.54 Å². The molecular weight excluding hydrogens is 282 g/mol. The Morgan fingerprint density at radius 2 is 2.20 bits per heavy atom. The van der Waals surface area contributed by atoms with Gasteiger partial charge in [-0.3, -0.25) is 9.12 Å². The molecule has 1 unspecified atom stereocenters. The number of carbonyl (C=O) groups is 1. The molecule has 20 heavy (non-hydrogen) atoms. The highest BCUT2D eigenvalue weighted by Gasteiger charge is 2.18. The second-order valence-electron chi connectivity index (χ2n) is 4.34. The lowest BCUT2D eigenvalue weighted by molar-refractivity contribution is 0.242. The van der Waals surface area contributed by atoms with E-state index in [9.17, 15) is 13.2 Å². The molecule has 1 amide bonds. The van der Waals surface area contributed by atoms with Gasteiger partial charge in [-0.15, -0.1) is 6.58 Å². The molecule has 0 saturated heterocycles. The smallest absolute Gasteiger partial charge is 0.326 e. The van der Waals surface area contributed by atoms with Gasteiger partial charge in [0.05, 0.1) is 0 Å². The van der Waals surface area contributed by atoms with Gasteiger partial charge < -0.3 is 5.32 Å². The Morgan fingerprint density at radius 1 is 1.45 bits per heavy atom. The third-order valence-corrected chi connectivity index (χ3v) is 4.02. The van der Waals surface area contributed by atoms with E-state index in [0.29, 0.717) is 19.4 Å². The van der Waals surface area contributed by atoms with Gasteiger partial charge in [0.1, 0.15) is 11.6 Å². The predicted molar refractivity (Wildman–Crippen MR) is 75.0 cm³/mol. The average molecular weight is 301 g/mol. The van der Waals surface area contributed by atoms with Crippen LogP contribution < -0.4 is 5.32 Å². The third kappa shape index (κ3) is 5.54. The summed E-state index contributed by atoms with van der Waals surface area (Å²) in [7, 11) is -4.05. The number of carbonyl (C=O) groups excluding carboxylic acids is 1. The molecule has 7 nitrogen and oxygen atoms in total. The van der Waals surface area contributed by atoms with Crippen LogP contribution >= 0.6 is 0 Å². The molecule has 1 rings (SSSR count). The first-order valence-electron chi connectivity index (χ1n) is 6.30. The van der Waals surface area contributed by atoms with Crippen LogP contribution in [-0.4, -0.2) is 40.3 Å². The molecule has 0 radical (unpaired) electrons. The van der Waals surface area contributed by atoms with Crippen LogP contribution in [0, 0.1) is 0 Å². The van der Waals surface area contributed by atoms with E-state index in [2.05, 4.69) is 16.9 Å². The summed E-state index contributed by atoms with van der Waals surface area (Å²) in [4.78, 5) is 15.3. The van der Waals surface area contributed by atoms with Crippen molar-refractivity contribution < 1.29 is 17.8 Å². The van der Waals surface area contributed by atoms with Crippen LogP contribution in [0.25, 0.3) is 0 Å². The SMILES string of the molecule is C=CC(CCCCCNC(=O)n1ccnc1)S(=O)(=O)O. The molecular formula is C12H19N3O4S. The van der Waals surface area contributed by atoms with Gasteiger partial charge >= 0.3 is 6.03 Å². The zero-order valence-corrected chi connectivity index (χ0v) is 11.9. The maximum Gasteiger partial charge on any atom is 0.326 e. The van der Waals surface area contributed by atoms with Crippen LogP contribution in [0.4, 0.5) is 4.79 Å². The van der Waals surface area contributed by atoms with Crippen molar-refractivity contribution in [1.29, 1.82) is 0 Å². The fourth-order valence-corrected chi connectivity index (χ4v) is 2.41. The molecule has 0 aromatic carbocycles. The van der Waals surface area contributed by atoms with Gasteiger partial charge in [-0.2, -0.15) is 8.42 Å². The predicted octanol–water partition coefficient (Wildman–Crippen LogP) is 1.44. The van der Waals surface area contributed by atoms with Crippen LogP contribution in [0.1, 0.15) is 25.7 Å². The lowest BCUT2D eigenvalue weighted by atomic mass is 10.1. The van der Waals surface area contributed by atoms with Crippen molar-refractivity contribution in [2.45, 2.75) is 30.9 Å². The van der Waals surface area contributed by atoms with Crippen LogP contribution in [0.3, 0.4) is 0 Å². The first-order valence-corrected chi connectivity index (χ1v) is 7.80. The first kappa shape index (κ1) is 16.4. The van der Waals surface area contributed by atoms with E-state index < -0.39 is 15.4 Å². The Labute approximate surface area is 118 Å². The van der Waals surface area contributed by atoms with Gasteiger partial charge in [-0.05, 0) is 12.8 Å². The summed E-state index contributed by atoms with van der Waals surface area (Å²) >= 11 is 0. The minimum absolute atomic E-state index is 0.246. The Bertz CT molecular complexity index is 525. The Balaban J connectivity index is 2.14. The summed E-state index contributed by atoms with van der Waals surface area (Å²) in [6.07, 6.45) is 8.17. The number of unbranched alkanes of at least 4 members (excludes halogenated alkanes) is 2. The van der Waals surface area contributed by atoms with E-state index in [1.165, 1.54) is 23.2 Å². The number of hydrogen-bond donors (Lipinski definition) is 2. The number of hydrogen-bond acceptors (Lipinski definition) is 4. The van der Waals surface area contributed by atoms with E-state index in [-0.39, 0.29) is 6.03 Å². The highest BCUT2D eigenvalue weighted by atomic mass is 32.2. The molecule has 1 aromatic rings. The number of imidazole rings is 1. The molecule has 112 valence electrons. The molecule has 0 fully saturated rings. The second kappa shape index (κ2) is 7.81. The van der Waals surface area contributed by atoms with Crippen molar-refractivity contribution in [1.82, 2.24) is 14.9 Å². The zero-order valence-electron chi connectivity index (χ0n) is 11.1. The number of nitrogens with one attached hydrogen (secondary N) is 1. The summed E-state index contributed by atoms with van der Waals surface area (Å²) in [6, 6.07) is -0.246. The van der Waals surface area contributed by atoms with Crippen molar-refractivity contribution in [3.8, 4) is 0 Å². The van der Waals surface area contributed by atoms with E-state index in [4.69, 9.17) is 4.55 Å². The second-order valence-corrected chi connectivity index (χ2v) is 5.98. The molecule has 1 aromatic heterocycles. The number of aromatic nitrogens is 2. The topological polar surface area (TPSA) is 101 Å². The first-order chi connectivity index (χ1) is 9.45. The van der Waals surface area contributed by atoms with E-state index in [1.54, 1.807) is 6.20 Å². The molecule has 0 aliphatic heterocycles. The molecule has 0 aliphatic carbocycles. The fourth-order valence-electron chi connectivity index (χ4n) is 1.70. The highest BCUT2D eigenvalue weighted by molar-refractivity contribution is 7.86. The van der Waals surface area contributed by atoms with Gasteiger partial charge in [-0.25, -0.2) is 9.78 Å². The largest absolute Gasteiger partial charge is 0.337 e. The highest BCUT2D eigenvalue weighted by Crippen LogP contribution is 2.11. The molecule has 2 N–H and O–H groups in total. The minimum Gasteiger partial charge on any atom is -0.337 e.